The highest BCUT2D eigenvalue weighted by molar-refractivity contribution is 5.68. The lowest BCUT2D eigenvalue weighted by Gasteiger charge is -2.58. The summed E-state index contributed by atoms with van der Waals surface area (Å²) in [5, 5.41) is 0. The fourth-order valence-electron chi connectivity index (χ4n) is 11.5. The zero-order valence-corrected chi connectivity index (χ0v) is 35.7. The molecule has 5 rings (SSSR count). The number of rotatable bonds is 15. The molecular formula is C44H68O13. The summed E-state index contributed by atoms with van der Waals surface area (Å²) in [5.41, 5.74) is 1.97. The molecule has 0 aromatic heterocycles. The second-order valence-corrected chi connectivity index (χ2v) is 18.3. The fraction of sp³-hybridized carbons (Fsp3) is 0.841. The maximum Gasteiger partial charge on any atom is 0.508 e. The number of hydrogen-bond donors (Lipinski definition) is 0. The van der Waals surface area contributed by atoms with Crippen molar-refractivity contribution in [1.82, 2.24) is 0 Å². The third-order valence-corrected chi connectivity index (χ3v) is 14.1. The Kier molecular flexibility index (Phi) is 15.2. The van der Waals surface area contributed by atoms with Crippen molar-refractivity contribution in [2.24, 2.45) is 46.3 Å². The first kappa shape index (κ1) is 44.9. The molecule has 13 atom stereocenters. The molecule has 0 radical (unpaired) electrons. The Hall–Kier alpha value is -3.19. The normalized spacial score (nSPS) is 36.4. The van der Waals surface area contributed by atoms with E-state index in [2.05, 4.69) is 40.7 Å². The second kappa shape index (κ2) is 19.3. The third kappa shape index (κ3) is 10.7. The lowest BCUT2D eigenvalue weighted by molar-refractivity contribution is -0.309. The van der Waals surface area contributed by atoms with Gasteiger partial charge in [0.2, 0.25) is 0 Å². The van der Waals surface area contributed by atoms with Gasteiger partial charge in [0.25, 0.3) is 0 Å². The van der Waals surface area contributed by atoms with Gasteiger partial charge in [-0.1, -0.05) is 65.5 Å². The van der Waals surface area contributed by atoms with E-state index in [1.54, 1.807) is 0 Å². The molecule has 5 aliphatic rings. The van der Waals surface area contributed by atoms with E-state index < -0.39 is 60.7 Å². The number of fused-ring (bicyclic) bond motifs is 5. The molecule has 4 aliphatic carbocycles. The van der Waals surface area contributed by atoms with Crippen LogP contribution in [0.3, 0.4) is 0 Å². The number of esters is 4. The van der Waals surface area contributed by atoms with Crippen LogP contribution in [0.1, 0.15) is 133 Å². The van der Waals surface area contributed by atoms with Crippen LogP contribution in [0.15, 0.2) is 11.6 Å². The Morgan fingerprint density at radius 2 is 1.44 bits per heavy atom. The molecule has 0 N–H and O–H groups in total. The number of carbonyl (C=O) groups excluding carboxylic acids is 5. The molecule has 57 heavy (non-hydrogen) atoms. The molecule has 0 aromatic carbocycles. The highest BCUT2D eigenvalue weighted by Gasteiger charge is 2.59. The molecule has 13 unspecified atom stereocenters. The Morgan fingerprint density at radius 1 is 0.754 bits per heavy atom. The van der Waals surface area contributed by atoms with Crippen LogP contribution >= 0.6 is 0 Å². The Labute approximate surface area is 338 Å². The van der Waals surface area contributed by atoms with Gasteiger partial charge in [-0.2, -0.15) is 0 Å². The fourth-order valence-corrected chi connectivity index (χ4v) is 11.5. The molecule has 0 aromatic rings. The Morgan fingerprint density at radius 3 is 2.11 bits per heavy atom. The SMILES string of the molecule is CC(=O)OCC1OC(OCCOC(=O)OC2CCC3(C)C(=CCC4C3CCC3(C)C(C(C)CCCC(C)C)CCC43)C2)C(OC(C)=O)C(OC(C)=O)C1OC(C)=O. The van der Waals surface area contributed by atoms with Gasteiger partial charge < -0.3 is 37.9 Å². The summed E-state index contributed by atoms with van der Waals surface area (Å²) in [6.45, 7) is 16.1. The van der Waals surface area contributed by atoms with E-state index in [0.717, 1.165) is 69.6 Å². The van der Waals surface area contributed by atoms with Crippen molar-refractivity contribution in [3.8, 4) is 0 Å². The summed E-state index contributed by atoms with van der Waals surface area (Å²) >= 11 is 0. The van der Waals surface area contributed by atoms with E-state index in [0.29, 0.717) is 17.8 Å². The lowest BCUT2D eigenvalue weighted by atomic mass is 9.47. The molecule has 1 aliphatic heterocycles. The van der Waals surface area contributed by atoms with Gasteiger partial charge in [0.1, 0.15) is 25.4 Å². The van der Waals surface area contributed by atoms with Crippen molar-refractivity contribution in [2.45, 2.75) is 170 Å². The minimum Gasteiger partial charge on any atom is -0.463 e. The maximum absolute atomic E-state index is 12.9. The first-order valence-corrected chi connectivity index (χ1v) is 21.4. The zero-order chi connectivity index (χ0) is 41.7. The van der Waals surface area contributed by atoms with E-state index in [1.807, 2.05) is 0 Å². The second-order valence-electron chi connectivity index (χ2n) is 18.3. The molecule has 13 heteroatoms. The van der Waals surface area contributed by atoms with Crippen LogP contribution in [0.2, 0.25) is 0 Å². The number of ether oxygens (including phenoxy) is 8. The van der Waals surface area contributed by atoms with Gasteiger partial charge in [-0.25, -0.2) is 4.79 Å². The number of allylic oxidation sites excluding steroid dienone is 1. The predicted octanol–water partition coefficient (Wildman–Crippen LogP) is 7.65. The molecule has 0 spiro atoms. The van der Waals surface area contributed by atoms with Crippen molar-refractivity contribution in [3.63, 3.8) is 0 Å². The van der Waals surface area contributed by atoms with Crippen molar-refractivity contribution < 1.29 is 61.9 Å². The Bertz CT molecular complexity index is 1480. The Balaban J connectivity index is 1.14. The quantitative estimate of drug-likeness (QED) is 0.0688. The molecule has 1 heterocycles. The van der Waals surface area contributed by atoms with Crippen LogP contribution in [0.4, 0.5) is 4.79 Å². The smallest absolute Gasteiger partial charge is 0.463 e. The standard InChI is InChI=1S/C44H68O13/c1-25(2)11-10-12-26(3)34-15-16-35-33-14-13-31-23-32(17-19-43(31,8)36(33)18-20-44(34,35)9)56-42(49)51-22-21-50-41-40(55-30(7)48)39(54-29(6)47)38(53-28(5)46)37(57-41)24-52-27(4)45/h13,25-26,32-41H,10-12,14-24H2,1-9H3. The van der Waals surface area contributed by atoms with Crippen LogP contribution in [-0.4, -0.2) is 86.7 Å². The van der Waals surface area contributed by atoms with Crippen molar-refractivity contribution in [3.05, 3.63) is 11.6 Å². The topological polar surface area (TPSA) is 159 Å². The van der Waals surface area contributed by atoms with Gasteiger partial charge in [0.15, 0.2) is 24.6 Å². The van der Waals surface area contributed by atoms with E-state index in [4.69, 9.17) is 37.9 Å². The summed E-state index contributed by atoms with van der Waals surface area (Å²) in [6, 6.07) is 0. The molecule has 4 fully saturated rings. The van der Waals surface area contributed by atoms with Crippen LogP contribution in [-0.2, 0) is 57.1 Å². The van der Waals surface area contributed by atoms with Gasteiger partial charge in [0.05, 0.1) is 6.61 Å². The van der Waals surface area contributed by atoms with Crippen LogP contribution in [0.25, 0.3) is 0 Å². The third-order valence-electron chi connectivity index (χ3n) is 14.1. The monoisotopic (exact) mass is 804 g/mol. The first-order chi connectivity index (χ1) is 26.9. The average Bonchev–Trinajstić information content (AvgIpc) is 3.48. The molecule has 13 nitrogen and oxygen atoms in total. The molecule has 0 bridgehead atoms. The van der Waals surface area contributed by atoms with Crippen molar-refractivity contribution in [2.75, 3.05) is 19.8 Å². The zero-order valence-electron chi connectivity index (χ0n) is 35.7. The summed E-state index contributed by atoms with van der Waals surface area (Å²) in [6.07, 6.45) is 7.72. The number of hydrogen-bond acceptors (Lipinski definition) is 13. The summed E-state index contributed by atoms with van der Waals surface area (Å²) in [5.74, 6) is 1.68. The van der Waals surface area contributed by atoms with Crippen LogP contribution in [0.5, 0.6) is 0 Å². The van der Waals surface area contributed by atoms with Crippen molar-refractivity contribution >= 4 is 30.0 Å². The summed E-state index contributed by atoms with van der Waals surface area (Å²) < 4.78 is 44.4. The van der Waals surface area contributed by atoms with E-state index >= 15 is 0 Å². The largest absolute Gasteiger partial charge is 0.508 e. The molecule has 1 saturated heterocycles. The van der Waals surface area contributed by atoms with Crippen LogP contribution in [0, 0.1) is 46.3 Å². The maximum atomic E-state index is 12.9. The molecular weight excluding hydrogens is 736 g/mol. The molecule has 3 saturated carbocycles. The minimum absolute atomic E-state index is 0.118. The highest BCUT2D eigenvalue weighted by Crippen LogP contribution is 2.67. The minimum atomic E-state index is -1.37. The molecule has 0 amide bonds. The predicted molar refractivity (Wildman–Crippen MR) is 207 cm³/mol. The van der Waals surface area contributed by atoms with E-state index in [9.17, 15) is 24.0 Å². The lowest BCUT2D eigenvalue weighted by Crippen LogP contribution is -2.63. The van der Waals surface area contributed by atoms with Gasteiger partial charge in [-0.05, 0) is 91.3 Å². The van der Waals surface area contributed by atoms with Gasteiger partial charge in [-0.3, -0.25) is 19.2 Å². The van der Waals surface area contributed by atoms with Gasteiger partial charge in [0, 0.05) is 34.1 Å². The van der Waals surface area contributed by atoms with Crippen molar-refractivity contribution in [1.29, 1.82) is 0 Å². The van der Waals surface area contributed by atoms with E-state index in [-0.39, 0.29) is 31.3 Å². The highest BCUT2D eigenvalue weighted by atomic mass is 16.8. The summed E-state index contributed by atoms with van der Waals surface area (Å²) in [7, 11) is 0. The van der Waals surface area contributed by atoms with Gasteiger partial charge in [-0.15, -0.1) is 0 Å². The number of carbonyl (C=O) groups is 5. The average molecular weight is 805 g/mol. The summed E-state index contributed by atoms with van der Waals surface area (Å²) in [4.78, 5) is 60.7. The van der Waals surface area contributed by atoms with Gasteiger partial charge >= 0.3 is 30.0 Å². The molecule has 322 valence electrons. The van der Waals surface area contributed by atoms with E-state index in [1.165, 1.54) is 57.4 Å². The van der Waals surface area contributed by atoms with Crippen LogP contribution < -0.4 is 0 Å². The first-order valence-electron chi connectivity index (χ1n) is 21.4.